The van der Waals surface area contributed by atoms with Crippen molar-refractivity contribution in [3.8, 4) is 0 Å². The van der Waals surface area contributed by atoms with Gasteiger partial charge in [0.15, 0.2) is 0 Å². The van der Waals surface area contributed by atoms with Crippen LogP contribution in [-0.4, -0.2) is 28.7 Å². The molecule has 0 aliphatic rings. The largest absolute Gasteiger partial charge is 0.350 e. The summed E-state index contributed by atoms with van der Waals surface area (Å²) in [6.45, 7) is 8.10. The van der Waals surface area contributed by atoms with Crippen LogP contribution in [0.3, 0.4) is 0 Å². The van der Waals surface area contributed by atoms with E-state index in [-0.39, 0.29) is 11.9 Å². The Hall–Kier alpha value is -1.49. The molecule has 3 N–H and O–H groups in total. The first-order valence-corrected chi connectivity index (χ1v) is 5.76. The molecule has 0 bridgehead atoms. The fourth-order valence-electron chi connectivity index (χ4n) is 1.32. The van der Waals surface area contributed by atoms with Gasteiger partial charge in [0.05, 0.1) is 17.0 Å². The Morgan fingerprint density at radius 2 is 2.06 bits per heavy atom. The molecule has 0 fully saturated rings. The number of carbonyl (C=O) groups excluding carboxylic acids is 1. The highest BCUT2D eigenvalue weighted by Gasteiger charge is 2.13. The first-order chi connectivity index (χ1) is 7.91. The minimum atomic E-state index is -0.142. The van der Waals surface area contributed by atoms with Crippen molar-refractivity contribution >= 4 is 5.91 Å². The van der Waals surface area contributed by atoms with E-state index in [1.54, 1.807) is 13.0 Å². The van der Waals surface area contributed by atoms with Gasteiger partial charge in [0, 0.05) is 12.6 Å². The van der Waals surface area contributed by atoms with Crippen LogP contribution in [-0.2, 0) is 0 Å². The maximum Gasteiger partial charge on any atom is 0.253 e. The maximum atomic E-state index is 11.9. The summed E-state index contributed by atoms with van der Waals surface area (Å²) < 4.78 is 0. The lowest BCUT2D eigenvalue weighted by Crippen LogP contribution is -2.40. The molecule has 1 atom stereocenters. The third-order valence-electron chi connectivity index (χ3n) is 2.70. The first kappa shape index (κ1) is 13.6. The second kappa shape index (κ2) is 5.72. The third-order valence-corrected chi connectivity index (χ3v) is 2.70. The zero-order valence-corrected chi connectivity index (χ0v) is 10.8. The molecule has 0 spiro atoms. The van der Waals surface area contributed by atoms with E-state index in [0.29, 0.717) is 23.7 Å². The van der Waals surface area contributed by atoms with E-state index in [9.17, 15) is 4.79 Å². The molecule has 0 saturated carbocycles. The molecule has 0 saturated heterocycles. The van der Waals surface area contributed by atoms with Gasteiger partial charge in [-0.2, -0.15) is 10.2 Å². The summed E-state index contributed by atoms with van der Waals surface area (Å²) in [6, 6.07) is 1.70. The summed E-state index contributed by atoms with van der Waals surface area (Å²) in [5.41, 5.74) is 7.79. The van der Waals surface area contributed by atoms with E-state index in [0.717, 1.165) is 5.69 Å². The van der Waals surface area contributed by atoms with Crippen molar-refractivity contribution in [2.75, 3.05) is 6.54 Å². The van der Waals surface area contributed by atoms with E-state index in [4.69, 9.17) is 5.73 Å². The van der Waals surface area contributed by atoms with Crippen molar-refractivity contribution in [2.45, 2.75) is 33.7 Å². The van der Waals surface area contributed by atoms with Gasteiger partial charge < -0.3 is 11.1 Å². The lowest BCUT2D eigenvalue weighted by Gasteiger charge is -2.16. The summed E-state index contributed by atoms with van der Waals surface area (Å²) in [7, 11) is 0. The van der Waals surface area contributed by atoms with Crippen LogP contribution in [0.1, 0.15) is 35.6 Å². The Morgan fingerprint density at radius 1 is 1.41 bits per heavy atom. The molecule has 0 aromatic carbocycles. The summed E-state index contributed by atoms with van der Waals surface area (Å²) >= 11 is 0. The molecular formula is C12H20N4O. The van der Waals surface area contributed by atoms with E-state index in [2.05, 4.69) is 15.5 Å². The molecule has 1 amide bonds. The number of aryl methyl sites for hydroxylation is 2. The monoisotopic (exact) mass is 236 g/mol. The number of nitrogens with two attached hydrogens (primary N) is 1. The molecular weight excluding hydrogens is 216 g/mol. The standard InChI is InChI=1S/C12H20N4O/c1-7(2)11(13)6-14-12(17)10-5-8(3)15-16-9(10)4/h5,7,11H,6,13H2,1-4H3,(H,14,17). The molecule has 1 heterocycles. The molecule has 5 nitrogen and oxygen atoms in total. The molecule has 0 aliphatic carbocycles. The topological polar surface area (TPSA) is 80.9 Å². The smallest absolute Gasteiger partial charge is 0.253 e. The van der Waals surface area contributed by atoms with Crippen LogP contribution >= 0.6 is 0 Å². The zero-order chi connectivity index (χ0) is 13.0. The number of nitrogens with zero attached hydrogens (tertiary/aromatic N) is 2. The number of carbonyl (C=O) groups is 1. The average molecular weight is 236 g/mol. The van der Waals surface area contributed by atoms with Gasteiger partial charge in [-0.25, -0.2) is 0 Å². The summed E-state index contributed by atoms with van der Waals surface area (Å²) in [5.74, 6) is 0.199. The Morgan fingerprint density at radius 3 is 2.65 bits per heavy atom. The van der Waals surface area contributed by atoms with E-state index in [1.807, 2.05) is 20.8 Å². The van der Waals surface area contributed by atoms with Gasteiger partial charge >= 0.3 is 0 Å². The van der Waals surface area contributed by atoms with Gasteiger partial charge in [-0.1, -0.05) is 13.8 Å². The molecule has 1 aromatic heterocycles. The van der Waals surface area contributed by atoms with Crippen LogP contribution in [0.2, 0.25) is 0 Å². The number of hydrogen-bond donors (Lipinski definition) is 2. The van der Waals surface area contributed by atoms with Crippen molar-refractivity contribution < 1.29 is 4.79 Å². The van der Waals surface area contributed by atoms with Crippen molar-refractivity contribution in [1.29, 1.82) is 0 Å². The molecule has 1 rings (SSSR count). The molecule has 1 unspecified atom stereocenters. The van der Waals surface area contributed by atoms with Crippen molar-refractivity contribution in [2.24, 2.45) is 11.7 Å². The van der Waals surface area contributed by atoms with Gasteiger partial charge in [-0.05, 0) is 25.8 Å². The Labute approximate surface area is 102 Å². The van der Waals surface area contributed by atoms with Gasteiger partial charge in [-0.15, -0.1) is 0 Å². The van der Waals surface area contributed by atoms with Crippen LogP contribution in [0.4, 0.5) is 0 Å². The molecule has 17 heavy (non-hydrogen) atoms. The van der Waals surface area contributed by atoms with E-state index < -0.39 is 0 Å². The second-order valence-corrected chi connectivity index (χ2v) is 4.60. The number of amides is 1. The quantitative estimate of drug-likeness (QED) is 0.810. The molecule has 1 aromatic rings. The lowest BCUT2D eigenvalue weighted by molar-refractivity contribution is 0.0948. The van der Waals surface area contributed by atoms with Gasteiger partial charge in [-0.3, -0.25) is 4.79 Å². The minimum absolute atomic E-state index is 0.0323. The maximum absolute atomic E-state index is 11.9. The lowest BCUT2D eigenvalue weighted by atomic mass is 10.1. The molecule has 5 heteroatoms. The van der Waals surface area contributed by atoms with Gasteiger partial charge in [0.2, 0.25) is 0 Å². The highest BCUT2D eigenvalue weighted by molar-refractivity contribution is 5.95. The predicted molar refractivity (Wildman–Crippen MR) is 66.7 cm³/mol. The Kier molecular flexibility index (Phi) is 4.57. The second-order valence-electron chi connectivity index (χ2n) is 4.60. The molecule has 0 aliphatic heterocycles. The summed E-state index contributed by atoms with van der Waals surface area (Å²) in [6.07, 6.45) is 0. The summed E-state index contributed by atoms with van der Waals surface area (Å²) in [4.78, 5) is 11.9. The Bertz CT molecular complexity index is 403. The summed E-state index contributed by atoms with van der Waals surface area (Å²) in [5, 5.41) is 10.6. The average Bonchev–Trinajstić information content (AvgIpc) is 2.28. The van der Waals surface area contributed by atoms with Crippen LogP contribution < -0.4 is 11.1 Å². The number of aromatic nitrogens is 2. The predicted octanol–water partition coefficient (Wildman–Crippen LogP) is 0.807. The highest BCUT2D eigenvalue weighted by atomic mass is 16.1. The minimum Gasteiger partial charge on any atom is -0.350 e. The van der Waals surface area contributed by atoms with Crippen molar-refractivity contribution in [1.82, 2.24) is 15.5 Å². The fourth-order valence-corrected chi connectivity index (χ4v) is 1.32. The SMILES string of the molecule is Cc1cc(C(=O)NCC(N)C(C)C)c(C)nn1. The van der Waals surface area contributed by atoms with Crippen LogP contribution in [0, 0.1) is 19.8 Å². The first-order valence-electron chi connectivity index (χ1n) is 5.76. The molecule has 0 radical (unpaired) electrons. The van der Waals surface area contributed by atoms with Crippen LogP contribution in [0.25, 0.3) is 0 Å². The van der Waals surface area contributed by atoms with E-state index in [1.165, 1.54) is 0 Å². The van der Waals surface area contributed by atoms with Gasteiger partial charge in [0.25, 0.3) is 5.91 Å². The fraction of sp³-hybridized carbons (Fsp3) is 0.583. The third kappa shape index (κ3) is 3.78. The van der Waals surface area contributed by atoms with Crippen molar-refractivity contribution in [3.05, 3.63) is 23.0 Å². The van der Waals surface area contributed by atoms with Crippen LogP contribution in [0.5, 0.6) is 0 Å². The number of hydrogen-bond acceptors (Lipinski definition) is 4. The normalized spacial score (nSPS) is 12.6. The van der Waals surface area contributed by atoms with Crippen molar-refractivity contribution in [3.63, 3.8) is 0 Å². The number of nitrogens with one attached hydrogen (secondary N) is 1. The molecule has 94 valence electrons. The van der Waals surface area contributed by atoms with Gasteiger partial charge in [0.1, 0.15) is 0 Å². The highest BCUT2D eigenvalue weighted by Crippen LogP contribution is 2.05. The van der Waals surface area contributed by atoms with E-state index >= 15 is 0 Å². The van der Waals surface area contributed by atoms with Crippen LogP contribution in [0.15, 0.2) is 6.07 Å². The number of rotatable bonds is 4. The Balaban J connectivity index is 2.67. The zero-order valence-electron chi connectivity index (χ0n) is 10.8.